The van der Waals surface area contributed by atoms with E-state index in [4.69, 9.17) is 11.6 Å². The molecule has 0 aliphatic heterocycles. The van der Waals surface area contributed by atoms with Crippen molar-refractivity contribution in [3.63, 3.8) is 0 Å². The summed E-state index contributed by atoms with van der Waals surface area (Å²) in [6, 6.07) is 6.10. The lowest BCUT2D eigenvalue weighted by Gasteiger charge is -2.09. The Bertz CT molecular complexity index is 373. The van der Waals surface area contributed by atoms with Crippen molar-refractivity contribution in [3.8, 4) is 0 Å². The number of benzene rings is 1. The highest BCUT2D eigenvalue weighted by Gasteiger charge is 2.20. The lowest BCUT2D eigenvalue weighted by Crippen LogP contribution is -2.09. The molecule has 0 aliphatic carbocycles. The van der Waals surface area contributed by atoms with Crippen molar-refractivity contribution in [1.82, 2.24) is 0 Å². The van der Waals surface area contributed by atoms with Crippen LogP contribution in [0.5, 0.6) is 0 Å². The van der Waals surface area contributed by atoms with Gasteiger partial charge in [-0.2, -0.15) is 0 Å². The molecule has 0 amide bonds. The van der Waals surface area contributed by atoms with E-state index in [0.717, 1.165) is 0 Å². The zero-order valence-corrected chi connectivity index (χ0v) is 8.92. The second-order valence-electron chi connectivity index (χ2n) is 2.93. The smallest absolute Gasteiger partial charge is 0.336 e. The Morgan fingerprint density at radius 3 is 2.47 bits per heavy atom. The van der Waals surface area contributed by atoms with Gasteiger partial charge in [-0.25, -0.2) is 9.18 Å². The second-order valence-corrected chi connectivity index (χ2v) is 3.37. The Kier molecular flexibility index (Phi) is 3.86. The molecule has 1 aromatic carbocycles. The van der Waals surface area contributed by atoms with E-state index < -0.39 is 12.1 Å². The lowest BCUT2D eigenvalue weighted by molar-refractivity contribution is -0.136. The summed E-state index contributed by atoms with van der Waals surface area (Å²) in [5, 5.41) is 0.509. The van der Waals surface area contributed by atoms with Gasteiger partial charge in [-0.3, -0.25) is 0 Å². The predicted molar refractivity (Wildman–Crippen MR) is 56.5 cm³/mol. The van der Waals surface area contributed by atoms with E-state index in [1.54, 1.807) is 12.1 Å². The van der Waals surface area contributed by atoms with Crippen LogP contribution in [0.25, 0.3) is 0 Å². The molecule has 0 saturated heterocycles. The van der Waals surface area contributed by atoms with Gasteiger partial charge in [0.1, 0.15) is 0 Å². The van der Waals surface area contributed by atoms with Gasteiger partial charge in [-0.05, 0) is 17.7 Å². The molecule has 0 N–H and O–H groups in total. The molecule has 1 aromatic rings. The molecular weight excluding hydrogens is 219 g/mol. The zero-order valence-electron chi connectivity index (χ0n) is 8.17. The fraction of sp³-hybridized carbons (Fsp3) is 0.182. The maximum atomic E-state index is 13.7. The van der Waals surface area contributed by atoms with E-state index in [0.29, 0.717) is 10.6 Å². The van der Waals surface area contributed by atoms with Gasteiger partial charge in [0.05, 0.1) is 12.7 Å². The number of hydrogen-bond donors (Lipinski definition) is 0. The molecule has 0 bridgehead atoms. The van der Waals surface area contributed by atoms with Crippen LogP contribution in [0, 0.1) is 0 Å². The van der Waals surface area contributed by atoms with Crippen LogP contribution in [0.3, 0.4) is 0 Å². The monoisotopic (exact) mass is 228 g/mol. The third kappa shape index (κ3) is 2.80. The molecule has 0 unspecified atom stereocenters. The average Bonchev–Trinajstić information content (AvgIpc) is 2.27. The molecule has 1 atom stereocenters. The average molecular weight is 229 g/mol. The molecule has 80 valence electrons. The third-order valence-corrected chi connectivity index (χ3v) is 2.17. The number of rotatable bonds is 3. The molecule has 0 aromatic heterocycles. The SMILES string of the molecule is C=C(C(=O)OC)[C@H](F)c1ccc(Cl)cc1. The minimum Gasteiger partial charge on any atom is -0.466 e. The molecule has 2 nitrogen and oxygen atoms in total. The summed E-state index contributed by atoms with van der Waals surface area (Å²) >= 11 is 5.65. The Balaban J connectivity index is 2.85. The third-order valence-electron chi connectivity index (χ3n) is 1.92. The predicted octanol–water partition coefficient (Wildman–Crippen LogP) is 3.08. The first-order chi connectivity index (χ1) is 7.06. The molecule has 0 fully saturated rings. The standard InChI is InChI=1S/C11H10ClFO2/c1-7(11(14)15-2)10(13)8-3-5-9(12)6-4-8/h3-6,10H,1H2,2H3/t10-/m0/s1. The van der Waals surface area contributed by atoms with Gasteiger partial charge in [0.25, 0.3) is 0 Å². The summed E-state index contributed by atoms with van der Waals surface area (Å²) < 4.78 is 18.0. The summed E-state index contributed by atoms with van der Waals surface area (Å²) in [7, 11) is 1.18. The number of hydrogen-bond acceptors (Lipinski definition) is 2. The van der Waals surface area contributed by atoms with Gasteiger partial charge in [0.15, 0.2) is 6.17 Å². The molecule has 4 heteroatoms. The molecule has 0 spiro atoms. The highest BCUT2D eigenvalue weighted by atomic mass is 35.5. The summed E-state index contributed by atoms with van der Waals surface area (Å²) in [6.07, 6.45) is -1.56. The lowest BCUT2D eigenvalue weighted by atomic mass is 10.0. The second kappa shape index (κ2) is 4.94. The van der Waals surface area contributed by atoms with E-state index in [9.17, 15) is 9.18 Å². The van der Waals surface area contributed by atoms with Gasteiger partial charge >= 0.3 is 5.97 Å². The van der Waals surface area contributed by atoms with Crippen molar-refractivity contribution < 1.29 is 13.9 Å². The summed E-state index contributed by atoms with van der Waals surface area (Å²) in [5.74, 6) is -0.752. The maximum absolute atomic E-state index is 13.7. The van der Waals surface area contributed by atoms with E-state index in [1.807, 2.05) is 0 Å². The summed E-state index contributed by atoms with van der Waals surface area (Å²) in [5.41, 5.74) is 0.106. The molecule has 15 heavy (non-hydrogen) atoms. The number of carbonyl (C=O) groups excluding carboxylic acids is 1. The largest absolute Gasteiger partial charge is 0.466 e. The molecule has 1 rings (SSSR count). The van der Waals surface area contributed by atoms with Crippen LogP contribution in [-0.2, 0) is 9.53 Å². The van der Waals surface area contributed by atoms with E-state index in [2.05, 4.69) is 11.3 Å². The zero-order chi connectivity index (χ0) is 11.4. The van der Waals surface area contributed by atoms with Crippen LogP contribution in [0.4, 0.5) is 4.39 Å². The van der Waals surface area contributed by atoms with Gasteiger partial charge < -0.3 is 4.74 Å². The van der Waals surface area contributed by atoms with Gasteiger partial charge in [0, 0.05) is 5.02 Å². The number of halogens is 2. The molecule has 0 heterocycles. The Morgan fingerprint density at radius 2 is 2.00 bits per heavy atom. The van der Waals surface area contributed by atoms with E-state index in [-0.39, 0.29) is 5.57 Å². The maximum Gasteiger partial charge on any atom is 0.336 e. The first kappa shape index (κ1) is 11.7. The summed E-state index contributed by atoms with van der Waals surface area (Å²) in [4.78, 5) is 11.0. The minimum atomic E-state index is -1.56. The van der Waals surface area contributed by atoms with Crippen LogP contribution >= 0.6 is 11.6 Å². The number of alkyl halides is 1. The van der Waals surface area contributed by atoms with Gasteiger partial charge in [0.2, 0.25) is 0 Å². The van der Waals surface area contributed by atoms with E-state index in [1.165, 1.54) is 19.2 Å². The van der Waals surface area contributed by atoms with Crippen molar-refractivity contribution in [2.24, 2.45) is 0 Å². The minimum absolute atomic E-state index is 0.222. The molecule has 0 saturated carbocycles. The number of ether oxygens (including phenoxy) is 1. The topological polar surface area (TPSA) is 26.3 Å². The highest BCUT2D eigenvalue weighted by Crippen LogP contribution is 2.26. The highest BCUT2D eigenvalue weighted by molar-refractivity contribution is 6.30. The van der Waals surface area contributed by atoms with Crippen molar-refractivity contribution in [1.29, 1.82) is 0 Å². The normalized spacial score (nSPS) is 11.9. The Labute approximate surface area is 92.3 Å². The van der Waals surface area contributed by atoms with Crippen molar-refractivity contribution in [3.05, 3.63) is 47.0 Å². The molecule has 0 radical (unpaired) electrons. The summed E-state index contributed by atoms with van der Waals surface area (Å²) in [6.45, 7) is 3.34. The van der Waals surface area contributed by atoms with Crippen LogP contribution < -0.4 is 0 Å². The van der Waals surface area contributed by atoms with Crippen molar-refractivity contribution in [2.75, 3.05) is 7.11 Å². The fourth-order valence-corrected chi connectivity index (χ4v) is 1.19. The van der Waals surface area contributed by atoms with Gasteiger partial charge in [-0.1, -0.05) is 30.3 Å². The number of methoxy groups -OCH3 is 1. The van der Waals surface area contributed by atoms with Crippen LogP contribution in [0.1, 0.15) is 11.7 Å². The fourth-order valence-electron chi connectivity index (χ4n) is 1.07. The van der Waals surface area contributed by atoms with Crippen LogP contribution in [-0.4, -0.2) is 13.1 Å². The molecular formula is C11H10ClFO2. The van der Waals surface area contributed by atoms with E-state index >= 15 is 0 Å². The van der Waals surface area contributed by atoms with Crippen molar-refractivity contribution >= 4 is 17.6 Å². The van der Waals surface area contributed by atoms with Crippen LogP contribution in [0.15, 0.2) is 36.4 Å². The van der Waals surface area contributed by atoms with Gasteiger partial charge in [-0.15, -0.1) is 0 Å². The first-order valence-corrected chi connectivity index (χ1v) is 4.60. The van der Waals surface area contributed by atoms with Crippen molar-refractivity contribution in [2.45, 2.75) is 6.17 Å². The Hall–Kier alpha value is -1.35. The van der Waals surface area contributed by atoms with Crippen LogP contribution in [0.2, 0.25) is 5.02 Å². The molecule has 0 aliphatic rings. The number of esters is 1. The quantitative estimate of drug-likeness (QED) is 0.587. The first-order valence-electron chi connectivity index (χ1n) is 4.23. The number of carbonyl (C=O) groups is 1. The Morgan fingerprint density at radius 1 is 1.47 bits per heavy atom.